The highest BCUT2D eigenvalue weighted by atomic mass is 16.6. The van der Waals surface area contributed by atoms with Crippen LogP contribution in [0.2, 0.25) is 0 Å². The molecule has 6 nitrogen and oxygen atoms in total. The molecule has 2 aliphatic heterocycles. The minimum absolute atomic E-state index is 0.0152. The monoisotopic (exact) mass is 341 g/mol. The Balaban J connectivity index is 1.41. The molecule has 1 saturated heterocycles. The van der Waals surface area contributed by atoms with Gasteiger partial charge in [-0.25, -0.2) is 4.79 Å². The summed E-state index contributed by atoms with van der Waals surface area (Å²) in [5.74, 6) is 1.52. The van der Waals surface area contributed by atoms with Gasteiger partial charge in [-0.1, -0.05) is 6.07 Å². The first-order chi connectivity index (χ1) is 12.2. The van der Waals surface area contributed by atoms with Crippen molar-refractivity contribution < 1.29 is 14.3 Å². The Morgan fingerprint density at radius 2 is 2.08 bits per heavy atom. The van der Waals surface area contributed by atoms with Crippen LogP contribution in [0.4, 0.5) is 4.79 Å². The van der Waals surface area contributed by atoms with Crippen LogP contribution in [-0.2, 0) is 13.6 Å². The lowest BCUT2D eigenvalue weighted by Gasteiger charge is -2.26. The molecule has 0 radical (unpaired) electrons. The molecular formula is C19H23N3O3. The second kappa shape index (κ2) is 6.70. The van der Waals surface area contributed by atoms with Gasteiger partial charge in [0.05, 0.1) is 6.04 Å². The molecule has 2 aliphatic rings. The summed E-state index contributed by atoms with van der Waals surface area (Å²) in [5, 5.41) is 3.04. The molecule has 0 bridgehead atoms. The van der Waals surface area contributed by atoms with Crippen LogP contribution in [0.5, 0.6) is 11.5 Å². The Morgan fingerprint density at radius 3 is 2.88 bits per heavy atom. The highest BCUT2D eigenvalue weighted by Gasteiger charge is 2.31. The zero-order valence-electron chi connectivity index (χ0n) is 14.4. The average molecular weight is 341 g/mol. The van der Waals surface area contributed by atoms with E-state index in [2.05, 4.69) is 16.0 Å². The maximum absolute atomic E-state index is 12.7. The van der Waals surface area contributed by atoms with Crippen LogP contribution in [-0.4, -0.2) is 35.3 Å². The predicted octanol–water partition coefficient (Wildman–Crippen LogP) is 2.84. The lowest BCUT2D eigenvalue weighted by molar-refractivity contribution is 0.171. The van der Waals surface area contributed by atoms with Crippen LogP contribution in [0, 0.1) is 0 Å². The lowest BCUT2D eigenvalue weighted by atomic mass is 10.1. The highest BCUT2D eigenvalue weighted by Crippen LogP contribution is 2.32. The van der Waals surface area contributed by atoms with E-state index in [1.807, 2.05) is 42.4 Å². The van der Waals surface area contributed by atoms with Crippen LogP contribution in [0.1, 0.15) is 30.1 Å². The van der Waals surface area contributed by atoms with Gasteiger partial charge in [0.2, 0.25) is 0 Å². The third-order valence-electron chi connectivity index (χ3n) is 4.89. The van der Waals surface area contributed by atoms with E-state index in [0.717, 1.165) is 36.4 Å². The molecular weight excluding hydrogens is 318 g/mol. The number of benzene rings is 1. The number of carbonyl (C=O) groups excluding carboxylic acids is 1. The standard InChI is InChI=1S/C19H23N3O3/c1-21-8-2-4-15(21)16-5-3-9-22(16)19(23)20-13-14-6-7-17-18(12-14)25-11-10-24-17/h2,4,6-8,12,16H,3,5,9-11,13H2,1H3,(H,20,23)/t16-/m1/s1. The van der Waals surface area contributed by atoms with Crippen molar-refractivity contribution in [3.63, 3.8) is 0 Å². The quantitative estimate of drug-likeness (QED) is 0.934. The molecule has 2 amide bonds. The van der Waals surface area contributed by atoms with Gasteiger partial charge in [-0.2, -0.15) is 0 Å². The van der Waals surface area contributed by atoms with Crippen molar-refractivity contribution in [1.82, 2.24) is 14.8 Å². The SMILES string of the molecule is Cn1cccc1[C@H]1CCCN1C(=O)NCc1ccc2c(c1)OCCO2. The summed E-state index contributed by atoms with van der Waals surface area (Å²) < 4.78 is 13.2. The molecule has 2 aromatic rings. The molecule has 0 aliphatic carbocycles. The summed E-state index contributed by atoms with van der Waals surface area (Å²) in [6, 6.07) is 10.1. The molecule has 1 N–H and O–H groups in total. The largest absolute Gasteiger partial charge is 0.486 e. The Bertz CT molecular complexity index is 771. The summed E-state index contributed by atoms with van der Waals surface area (Å²) in [6.07, 6.45) is 4.07. The van der Waals surface area contributed by atoms with Crippen LogP contribution < -0.4 is 14.8 Å². The van der Waals surface area contributed by atoms with E-state index < -0.39 is 0 Å². The number of hydrogen-bond donors (Lipinski definition) is 1. The fourth-order valence-electron chi connectivity index (χ4n) is 3.61. The Morgan fingerprint density at radius 1 is 1.24 bits per heavy atom. The normalized spacial score (nSPS) is 19.1. The van der Waals surface area contributed by atoms with Gasteiger partial charge in [-0.15, -0.1) is 0 Å². The molecule has 1 aromatic heterocycles. The van der Waals surface area contributed by atoms with Crippen LogP contribution in [0.3, 0.4) is 0 Å². The maximum Gasteiger partial charge on any atom is 0.318 e. The first-order valence-corrected chi connectivity index (χ1v) is 8.76. The molecule has 1 fully saturated rings. The topological polar surface area (TPSA) is 55.7 Å². The van der Waals surface area contributed by atoms with Gasteiger partial charge in [-0.05, 0) is 42.7 Å². The fraction of sp³-hybridized carbons (Fsp3) is 0.421. The molecule has 0 spiro atoms. The third kappa shape index (κ3) is 3.16. The van der Waals surface area contributed by atoms with Gasteiger partial charge in [0.25, 0.3) is 0 Å². The molecule has 0 unspecified atom stereocenters. The van der Waals surface area contributed by atoms with E-state index in [9.17, 15) is 4.79 Å². The lowest BCUT2D eigenvalue weighted by Crippen LogP contribution is -2.39. The number of nitrogens with zero attached hydrogens (tertiary/aromatic N) is 2. The van der Waals surface area contributed by atoms with E-state index >= 15 is 0 Å². The van der Waals surface area contributed by atoms with Gasteiger partial charge in [0, 0.05) is 32.0 Å². The second-order valence-corrected chi connectivity index (χ2v) is 6.53. The van der Waals surface area contributed by atoms with Gasteiger partial charge in [-0.3, -0.25) is 0 Å². The number of amides is 2. The molecule has 0 saturated carbocycles. The average Bonchev–Trinajstić information content (AvgIpc) is 3.28. The Hall–Kier alpha value is -2.63. The van der Waals surface area contributed by atoms with Crippen molar-refractivity contribution in [2.24, 2.45) is 7.05 Å². The second-order valence-electron chi connectivity index (χ2n) is 6.53. The number of urea groups is 1. The van der Waals surface area contributed by atoms with Crippen molar-refractivity contribution in [3.05, 3.63) is 47.8 Å². The fourth-order valence-corrected chi connectivity index (χ4v) is 3.61. The molecule has 1 aromatic carbocycles. The van der Waals surface area contributed by atoms with Gasteiger partial charge in [0.1, 0.15) is 13.2 Å². The van der Waals surface area contributed by atoms with Gasteiger partial charge < -0.3 is 24.3 Å². The number of likely N-dealkylation sites (tertiary alicyclic amines) is 1. The molecule has 4 rings (SSSR count). The molecule has 132 valence electrons. The Kier molecular flexibility index (Phi) is 4.26. The molecule has 25 heavy (non-hydrogen) atoms. The van der Waals surface area contributed by atoms with Crippen LogP contribution in [0.25, 0.3) is 0 Å². The Labute approximate surface area is 147 Å². The molecule has 1 atom stereocenters. The zero-order valence-corrected chi connectivity index (χ0v) is 14.4. The predicted molar refractivity (Wildman–Crippen MR) is 93.8 cm³/mol. The van der Waals surface area contributed by atoms with Gasteiger partial charge >= 0.3 is 6.03 Å². The van der Waals surface area contributed by atoms with E-state index in [4.69, 9.17) is 9.47 Å². The number of nitrogens with one attached hydrogen (secondary N) is 1. The van der Waals surface area contributed by atoms with Crippen LogP contribution in [0.15, 0.2) is 36.5 Å². The highest BCUT2D eigenvalue weighted by molar-refractivity contribution is 5.75. The van der Waals surface area contributed by atoms with Crippen molar-refractivity contribution >= 4 is 6.03 Å². The number of carbonyl (C=O) groups is 1. The van der Waals surface area contributed by atoms with Crippen molar-refractivity contribution in [1.29, 1.82) is 0 Å². The molecule has 6 heteroatoms. The minimum Gasteiger partial charge on any atom is -0.486 e. The summed E-state index contributed by atoms with van der Waals surface area (Å²) in [6.45, 7) is 2.42. The number of rotatable bonds is 3. The van der Waals surface area contributed by atoms with E-state index in [1.54, 1.807) is 0 Å². The zero-order chi connectivity index (χ0) is 17.2. The van der Waals surface area contributed by atoms with E-state index in [-0.39, 0.29) is 12.1 Å². The number of hydrogen-bond acceptors (Lipinski definition) is 3. The summed E-state index contributed by atoms with van der Waals surface area (Å²) in [5.41, 5.74) is 2.19. The van der Waals surface area contributed by atoms with E-state index in [0.29, 0.717) is 19.8 Å². The first-order valence-electron chi connectivity index (χ1n) is 8.76. The number of fused-ring (bicyclic) bond motifs is 1. The minimum atomic E-state index is -0.0152. The number of ether oxygens (including phenoxy) is 2. The van der Waals surface area contributed by atoms with Crippen molar-refractivity contribution in [2.45, 2.75) is 25.4 Å². The van der Waals surface area contributed by atoms with Gasteiger partial charge in [0.15, 0.2) is 11.5 Å². The molecule has 3 heterocycles. The first kappa shape index (κ1) is 15.9. The third-order valence-corrected chi connectivity index (χ3v) is 4.89. The smallest absolute Gasteiger partial charge is 0.318 e. The van der Waals surface area contributed by atoms with Crippen molar-refractivity contribution in [3.8, 4) is 11.5 Å². The van der Waals surface area contributed by atoms with Crippen molar-refractivity contribution in [2.75, 3.05) is 19.8 Å². The maximum atomic E-state index is 12.7. The summed E-state index contributed by atoms with van der Waals surface area (Å²) in [7, 11) is 2.03. The summed E-state index contributed by atoms with van der Waals surface area (Å²) in [4.78, 5) is 14.6. The number of aromatic nitrogens is 1. The van der Waals surface area contributed by atoms with E-state index in [1.165, 1.54) is 5.69 Å². The van der Waals surface area contributed by atoms with Crippen LogP contribution >= 0.6 is 0 Å². The summed E-state index contributed by atoms with van der Waals surface area (Å²) >= 11 is 0. The number of aryl methyl sites for hydroxylation is 1.